The summed E-state index contributed by atoms with van der Waals surface area (Å²) in [7, 11) is -0.669. The zero-order valence-corrected chi connectivity index (χ0v) is 21.6. The number of hydrogen-bond acceptors (Lipinski definition) is 4. The van der Waals surface area contributed by atoms with Gasteiger partial charge in [0.25, 0.3) is 0 Å². The molecule has 1 saturated heterocycles. The van der Waals surface area contributed by atoms with Crippen LogP contribution in [0.4, 0.5) is 19.3 Å². The van der Waals surface area contributed by atoms with E-state index in [0.717, 1.165) is 12.1 Å². The van der Waals surface area contributed by atoms with Gasteiger partial charge in [-0.25, -0.2) is 13.6 Å². The molecule has 0 radical (unpaired) electrons. The van der Waals surface area contributed by atoms with Crippen LogP contribution in [0.2, 0.25) is 18.1 Å². The molecule has 0 aromatic heterocycles. The Labute approximate surface area is 191 Å². The normalized spacial score (nSPS) is 19.8. The quantitative estimate of drug-likeness (QED) is 0.558. The molecular weight excluding hydrogens is 434 g/mol. The van der Waals surface area contributed by atoms with Crippen molar-refractivity contribution in [2.75, 3.05) is 18.5 Å². The van der Waals surface area contributed by atoms with Crippen molar-refractivity contribution in [2.24, 2.45) is 0 Å². The van der Waals surface area contributed by atoms with Crippen molar-refractivity contribution in [3.63, 3.8) is 0 Å². The van der Waals surface area contributed by atoms with Crippen LogP contribution in [0.25, 0.3) is 0 Å². The molecule has 1 aromatic carbocycles. The number of rotatable bonds is 4. The topological polar surface area (TPSA) is 59.1 Å². The summed E-state index contributed by atoms with van der Waals surface area (Å²) in [6, 6.07) is 2.42. The molecule has 0 aliphatic carbocycles. The lowest BCUT2D eigenvalue weighted by molar-refractivity contribution is -0.122. The molecule has 2 atom stereocenters. The molecule has 0 saturated carbocycles. The van der Waals surface area contributed by atoms with E-state index in [2.05, 4.69) is 33.9 Å². The Balaban J connectivity index is 2.31. The zero-order chi connectivity index (χ0) is 24.6. The number of likely N-dealkylation sites (tertiary alicyclic amines) is 1. The van der Waals surface area contributed by atoms with E-state index in [1.807, 2.05) is 0 Å². The van der Waals surface area contributed by atoms with Crippen molar-refractivity contribution < 1.29 is 27.5 Å². The summed E-state index contributed by atoms with van der Waals surface area (Å²) >= 11 is 0. The van der Waals surface area contributed by atoms with Crippen LogP contribution in [0, 0.1) is 11.6 Å². The number of nitrogens with zero attached hydrogens (tertiary/aromatic N) is 2. The Kier molecular flexibility index (Phi) is 7.46. The van der Waals surface area contributed by atoms with Crippen molar-refractivity contribution in [3.05, 3.63) is 29.8 Å². The third-order valence-electron chi connectivity index (χ3n) is 6.06. The first kappa shape index (κ1) is 26.3. The molecule has 1 aromatic rings. The van der Waals surface area contributed by atoms with Gasteiger partial charge in [0.05, 0.1) is 6.10 Å². The van der Waals surface area contributed by atoms with Gasteiger partial charge in [0.2, 0.25) is 5.91 Å². The highest BCUT2D eigenvalue weighted by Gasteiger charge is 2.47. The molecule has 0 spiro atoms. The van der Waals surface area contributed by atoms with Gasteiger partial charge in [-0.3, -0.25) is 9.69 Å². The Morgan fingerprint density at radius 2 is 1.69 bits per heavy atom. The van der Waals surface area contributed by atoms with Gasteiger partial charge >= 0.3 is 6.09 Å². The van der Waals surface area contributed by atoms with Gasteiger partial charge in [0, 0.05) is 31.8 Å². The predicted octanol–water partition coefficient (Wildman–Crippen LogP) is 5.33. The number of anilines is 1. The minimum Gasteiger partial charge on any atom is -0.444 e. The monoisotopic (exact) mass is 470 g/mol. The Bertz CT molecular complexity index is 865. The number of likely N-dealkylation sites (N-methyl/N-ethyl adjacent to an activating group) is 1. The highest BCUT2D eigenvalue weighted by molar-refractivity contribution is 6.74. The Hall–Kier alpha value is -2.00. The summed E-state index contributed by atoms with van der Waals surface area (Å²) in [5.41, 5.74) is -0.526. The van der Waals surface area contributed by atoms with Crippen LogP contribution in [0.15, 0.2) is 18.2 Å². The van der Waals surface area contributed by atoms with E-state index >= 15 is 0 Å². The van der Waals surface area contributed by atoms with Crippen LogP contribution < -0.4 is 4.90 Å². The smallest absolute Gasteiger partial charge is 0.411 e. The maximum Gasteiger partial charge on any atom is 0.411 e. The van der Waals surface area contributed by atoms with E-state index in [1.165, 1.54) is 22.9 Å². The van der Waals surface area contributed by atoms with E-state index in [4.69, 9.17) is 9.16 Å². The van der Waals surface area contributed by atoms with Crippen LogP contribution >= 0.6 is 0 Å². The molecule has 180 valence electrons. The predicted molar refractivity (Wildman–Crippen MR) is 123 cm³/mol. The van der Waals surface area contributed by atoms with Crippen LogP contribution in [0.5, 0.6) is 0 Å². The molecule has 1 fully saturated rings. The Morgan fingerprint density at radius 3 is 2.19 bits per heavy atom. The van der Waals surface area contributed by atoms with Gasteiger partial charge in [-0.2, -0.15) is 0 Å². The highest BCUT2D eigenvalue weighted by Crippen LogP contribution is 2.39. The van der Waals surface area contributed by atoms with Crippen LogP contribution in [0.3, 0.4) is 0 Å². The first-order valence-electron chi connectivity index (χ1n) is 10.8. The van der Waals surface area contributed by atoms with Gasteiger partial charge in [0.15, 0.2) is 20.0 Å². The number of hydrogen-bond donors (Lipinski definition) is 0. The number of amides is 2. The van der Waals surface area contributed by atoms with Crippen molar-refractivity contribution in [2.45, 2.75) is 83.8 Å². The summed E-state index contributed by atoms with van der Waals surface area (Å²) < 4.78 is 39.1. The summed E-state index contributed by atoms with van der Waals surface area (Å²) in [4.78, 5) is 28.9. The summed E-state index contributed by atoms with van der Waals surface area (Å²) in [6.45, 7) is 16.1. The fourth-order valence-corrected chi connectivity index (χ4v) is 4.63. The third-order valence-corrected chi connectivity index (χ3v) is 10.6. The fraction of sp³-hybridized carbons (Fsp3) is 0.652. The van der Waals surface area contributed by atoms with Crippen molar-refractivity contribution in [3.8, 4) is 0 Å². The molecule has 0 N–H and O–H groups in total. The van der Waals surface area contributed by atoms with E-state index in [1.54, 1.807) is 20.8 Å². The van der Waals surface area contributed by atoms with Crippen LogP contribution in [0.1, 0.15) is 48.0 Å². The molecule has 1 aliphatic heterocycles. The minimum absolute atomic E-state index is 0.0335. The molecule has 0 bridgehead atoms. The molecule has 2 unspecified atom stereocenters. The standard InChI is InChI=1S/C23H36F2N2O4Si/c1-22(2,3)30-21(29)27-14-16(31-32(8,9)23(4,5)6)13-19(27)20(28)26(7)15-10-11-17(24)18(25)12-15/h10-12,16,19H,13-14H2,1-9H3. The van der Waals surface area contributed by atoms with E-state index in [-0.39, 0.29) is 23.4 Å². The third kappa shape index (κ3) is 6.07. The number of carbonyl (C=O) groups excluding carboxylic acids is 2. The molecule has 2 amide bonds. The molecule has 6 nitrogen and oxygen atoms in total. The van der Waals surface area contributed by atoms with E-state index in [9.17, 15) is 18.4 Å². The summed E-state index contributed by atoms with van der Waals surface area (Å²) in [6.07, 6.45) is -0.620. The van der Waals surface area contributed by atoms with Crippen LogP contribution in [-0.4, -0.2) is 56.6 Å². The first-order chi connectivity index (χ1) is 14.4. The lowest BCUT2D eigenvalue weighted by atomic mass is 10.1. The lowest BCUT2D eigenvalue weighted by Gasteiger charge is -2.38. The lowest BCUT2D eigenvalue weighted by Crippen LogP contribution is -2.48. The van der Waals surface area contributed by atoms with Gasteiger partial charge in [-0.15, -0.1) is 0 Å². The van der Waals surface area contributed by atoms with Gasteiger partial charge in [0.1, 0.15) is 11.6 Å². The second-order valence-electron chi connectivity index (χ2n) is 10.9. The fourth-order valence-electron chi connectivity index (χ4n) is 3.28. The summed E-state index contributed by atoms with van der Waals surface area (Å²) in [5.74, 6) is -2.45. The molecule has 1 heterocycles. The van der Waals surface area contributed by atoms with Crippen molar-refractivity contribution in [1.82, 2.24) is 4.90 Å². The van der Waals surface area contributed by atoms with Gasteiger partial charge in [-0.05, 0) is 51.0 Å². The molecule has 9 heteroatoms. The zero-order valence-electron chi connectivity index (χ0n) is 20.6. The molecule has 1 aliphatic rings. The molecule has 2 rings (SSSR count). The SMILES string of the molecule is CN(C(=O)C1CC(O[Si](C)(C)C(C)(C)C)CN1C(=O)OC(C)(C)C)c1ccc(F)c(F)c1. The van der Waals surface area contributed by atoms with Gasteiger partial charge < -0.3 is 14.1 Å². The van der Waals surface area contributed by atoms with E-state index in [0.29, 0.717) is 6.42 Å². The molecular formula is C23H36F2N2O4Si. The number of halogens is 2. The van der Waals surface area contributed by atoms with E-state index < -0.39 is 43.6 Å². The largest absolute Gasteiger partial charge is 0.444 e. The number of benzene rings is 1. The molecule has 32 heavy (non-hydrogen) atoms. The van der Waals surface area contributed by atoms with Crippen molar-refractivity contribution in [1.29, 1.82) is 0 Å². The number of carbonyl (C=O) groups is 2. The summed E-state index contributed by atoms with van der Waals surface area (Å²) in [5, 5.41) is -0.0335. The minimum atomic E-state index is -2.15. The Morgan fingerprint density at radius 1 is 1.09 bits per heavy atom. The average molecular weight is 471 g/mol. The second kappa shape index (κ2) is 9.09. The highest BCUT2D eigenvalue weighted by atomic mass is 28.4. The maximum absolute atomic E-state index is 13.7. The van der Waals surface area contributed by atoms with Gasteiger partial charge in [-0.1, -0.05) is 20.8 Å². The second-order valence-corrected chi connectivity index (χ2v) is 15.6. The average Bonchev–Trinajstić information content (AvgIpc) is 3.03. The first-order valence-corrected chi connectivity index (χ1v) is 13.7. The number of ether oxygens (including phenoxy) is 1. The maximum atomic E-state index is 13.7. The van der Waals surface area contributed by atoms with Crippen molar-refractivity contribution >= 4 is 26.0 Å². The van der Waals surface area contributed by atoms with Crippen LogP contribution in [-0.2, 0) is 14.0 Å².